The largest absolute Gasteiger partial charge is 0.466 e. The van der Waals surface area contributed by atoms with Crippen LogP contribution in [-0.4, -0.2) is 0 Å². The van der Waals surface area contributed by atoms with Gasteiger partial charge in [-0.1, -0.05) is 6.92 Å². The van der Waals surface area contributed by atoms with Crippen molar-refractivity contribution in [2.75, 3.05) is 0 Å². The highest BCUT2D eigenvalue weighted by molar-refractivity contribution is 7.12. The molecule has 0 aliphatic rings. The van der Waals surface area contributed by atoms with Gasteiger partial charge in [0.15, 0.2) is 0 Å². The van der Waals surface area contributed by atoms with Crippen molar-refractivity contribution >= 4 is 11.3 Å². The van der Waals surface area contributed by atoms with Gasteiger partial charge < -0.3 is 9.73 Å². The molecule has 0 aliphatic carbocycles. The van der Waals surface area contributed by atoms with E-state index in [4.69, 9.17) is 4.42 Å². The van der Waals surface area contributed by atoms with E-state index in [0.717, 1.165) is 17.9 Å². The first-order valence-corrected chi connectivity index (χ1v) is 7.74. The molecule has 0 saturated heterocycles. The molecule has 2 atom stereocenters. The Hall–Kier alpha value is -1.06. The third-order valence-corrected chi connectivity index (χ3v) is 4.92. The Balaban J connectivity index is 2.06. The second kappa shape index (κ2) is 5.93. The highest BCUT2D eigenvalue weighted by Crippen LogP contribution is 2.27. The highest BCUT2D eigenvalue weighted by atomic mass is 32.1. The fourth-order valence-corrected chi connectivity index (χ4v) is 3.41. The average molecular weight is 277 g/mol. The van der Waals surface area contributed by atoms with Crippen LogP contribution >= 0.6 is 11.3 Å². The van der Waals surface area contributed by atoms with E-state index >= 15 is 0 Å². The van der Waals surface area contributed by atoms with Gasteiger partial charge in [0.1, 0.15) is 11.5 Å². The molecule has 0 amide bonds. The topological polar surface area (TPSA) is 25.2 Å². The molecule has 2 aromatic rings. The molecular formula is C16H23NOS. The molecule has 0 bridgehead atoms. The number of thiophene rings is 1. The number of nitrogens with one attached hydrogen (secondary N) is 1. The molecule has 2 aromatic heterocycles. The Morgan fingerprint density at radius 3 is 2.47 bits per heavy atom. The van der Waals surface area contributed by atoms with Crippen molar-refractivity contribution in [2.24, 2.45) is 0 Å². The summed E-state index contributed by atoms with van der Waals surface area (Å²) in [6.07, 6.45) is 1.12. The Morgan fingerprint density at radius 1 is 1.21 bits per heavy atom. The Bertz CT molecular complexity index is 541. The summed E-state index contributed by atoms with van der Waals surface area (Å²) in [5.74, 6) is 2.00. The van der Waals surface area contributed by atoms with Gasteiger partial charge in [0.2, 0.25) is 0 Å². The van der Waals surface area contributed by atoms with E-state index in [9.17, 15) is 0 Å². The molecule has 0 saturated carbocycles. The second-order valence-electron chi connectivity index (χ2n) is 5.14. The number of hydrogen-bond acceptors (Lipinski definition) is 3. The molecule has 0 fully saturated rings. The third-order valence-electron chi connectivity index (χ3n) is 3.50. The van der Waals surface area contributed by atoms with E-state index in [-0.39, 0.29) is 0 Å². The van der Waals surface area contributed by atoms with Crippen molar-refractivity contribution in [1.29, 1.82) is 0 Å². The maximum absolute atomic E-state index is 5.61. The molecule has 2 rings (SSSR count). The zero-order valence-electron chi connectivity index (χ0n) is 12.4. The predicted molar refractivity (Wildman–Crippen MR) is 81.8 cm³/mol. The number of rotatable bonds is 5. The molecule has 2 heterocycles. The monoisotopic (exact) mass is 277 g/mol. The molecule has 3 heteroatoms. The van der Waals surface area contributed by atoms with Crippen LogP contribution < -0.4 is 5.32 Å². The van der Waals surface area contributed by atoms with Crippen molar-refractivity contribution in [3.05, 3.63) is 45.0 Å². The molecule has 0 radical (unpaired) electrons. The lowest BCUT2D eigenvalue weighted by molar-refractivity contribution is 0.471. The van der Waals surface area contributed by atoms with Gasteiger partial charge in [0.05, 0.1) is 0 Å². The van der Waals surface area contributed by atoms with E-state index < -0.39 is 0 Å². The Kier molecular flexibility index (Phi) is 4.48. The van der Waals surface area contributed by atoms with E-state index in [0.29, 0.717) is 12.1 Å². The summed E-state index contributed by atoms with van der Waals surface area (Å²) in [6, 6.07) is 7.28. The fourth-order valence-electron chi connectivity index (χ4n) is 2.44. The molecule has 2 nitrogen and oxygen atoms in total. The first-order valence-electron chi connectivity index (χ1n) is 6.92. The number of furan rings is 1. The van der Waals surface area contributed by atoms with Crippen molar-refractivity contribution in [3.8, 4) is 0 Å². The Morgan fingerprint density at radius 2 is 1.95 bits per heavy atom. The highest BCUT2D eigenvalue weighted by Gasteiger charge is 2.16. The molecule has 19 heavy (non-hydrogen) atoms. The van der Waals surface area contributed by atoms with Crippen LogP contribution in [0.15, 0.2) is 22.6 Å². The minimum atomic E-state index is 0.305. The lowest BCUT2D eigenvalue weighted by Gasteiger charge is -2.18. The summed E-state index contributed by atoms with van der Waals surface area (Å²) in [5, 5.41) is 3.65. The van der Waals surface area contributed by atoms with Crippen molar-refractivity contribution < 1.29 is 4.42 Å². The summed E-state index contributed by atoms with van der Waals surface area (Å²) in [6.45, 7) is 10.7. The predicted octanol–water partition coefficient (Wildman–Crippen LogP) is 4.93. The minimum absolute atomic E-state index is 0.305. The summed E-state index contributed by atoms with van der Waals surface area (Å²) in [4.78, 5) is 2.85. The Labute approximate surface area is 119 Å². The van der Waals surface area contributed by atoms with E-state index in [1.807, 2.05) is 25.2 Å². The summed E-state index contributed by atoms with van der Waals surface area (Å²) in [5.41, 5.74) is 1.26. The van der Waals surface area contributed by atoms with Crippen LogP contribution in [0, 0.1) is 13.8 Å². The second-order valence-corrected chi connectivity index (χ2v) is 6.34. The molecule has 0 aliphatic heterocycles. The summed E-state index contributed by atoms with van der Waals surface area (Å²) < 4.78 is 5.61. The SMILES string of the molecule is CCc1ccc(C(C)NC(C)c2cc(C)oc2C)s1. The van der Waals surface area contributed by atoms with Crippen molar-refractivity contribution in [1.82, 2.24) is 5.32 Å². The van der Waals surface area contributed by atoms with Crippen LogP contribution in [0.2, 0.25) is 0 Å². The van der Waals surface area contributed by atoms with Crippen LogP contribution in [0.25, 0.3) is 0 Å². The number of hydrogen-bond donors (Lipinski definition) is 1. The standard InChI is InChI=1S/C16H23NOS/c1-6-14-7-8-16(19-14)12(4)17-11(3)15-9-10(2)18-13(15)5/h7-9,11-12,17H,6H2,1-5H3. The van der Waals surface area contributed by atoms with Gasteiger partial charge in [-0.2, -0.15) is 0 Å². The van der Waals surface area contributed by atoms with Crippen LogP contribution in [0.4, 0.5) is 0 Å². The van der Waals surface area contributed by atoms with Gasteiger partial charge in [0.25, 0.3) is 0 Å². The molecule has 104 valence electrons. The third kappa shape index (κ3) is 3.28. The molecule has 0 spiro atoms. The van der Waals surface area contributed by atoms with Crippen LogP contribution in [0.1, 0.15) is 59.7 Å². The van der Waals surface area contributed by atoms with Crippen molar-refractivity contribution in [3.63, 3.8) is 0 Å². The lowest BCUT2D eigenvalue weighted by atomic mass is 10.1. The first-order chi connectivity index (χ1) is 9.01. The smallest absolute Gasteiger partial charge is 0.105 e. The van der Waals surface area contributed by atoms with Crippen LogP contribution in [0.5, 0.6) is 0 Å². The van der Waals surface area contributed by atoms with E-state index in [1.54, 1.807) is 0 Å². The average Bonchev–Trinajstić information content (AvgIpc) is 2.95. The van der Waals surface area contributed by atoms with Crippen LogP contribution in [0.3, 0.4) is 0 Å². The normalized spacial score (nSPS) is 14.6. The van der Waals surface area contributed by atoms with Gasteiger partial charge in [0, 0.05) is 27.4 Å². The van der Waals surface area contributed by atoms with Gasteiger partial charge in [-0.15, -0.1) is 11.3 Å². The van der Waals surface area contributed by atoms with Gasteiger partial charge in [-0.25, -0.2) is 0 Å². The maximum atomic E-state index is 5.61. The number of aryl methyl sites for hydroxylation is 3. The molecular weight excluding hydrogens is 254 g/mol. The minimum Gasteiger partial charge on any atom is -0.466 e. The quantitative estimate of drug-likeness (QED) is 0.838. The molecule has 1 N–H and O–H groups in total. The van der Waals surface area contributed by atoms with Crippen molar-refractivity contribution in [2.45, 2.75) is 53.1 Å². The summed E-state index contributed by atoms with van der Waals surface area (Å²) >= 11 is 1.90. The molecule has 0 aromatic carbocycles. The van der Waals surface area contributed by atoms with Gasteiger partial charge in [-0.05, 0) is 52.3 Å². The maximum Gasteiger partial charge on any atom is 0.105 e. The van der Waals surface area contributed by atoms with Gasteiger partial charge in [-0.3, -0.25) is 0 Å². The zero-order valence-corrected chi connectivity index (χ0v) is 13.2. The zero-order chi connectivity index (χ0) is 14.0. The summed E-state index contributed by atoms with van der Waals surface area (Å²) in [7, 11) is 0. The van der Waals surface area contributed by atoms with Gasteiger partial charge >= 0.3 is 0 Å². The lowest BCUT2D eigenvalue weighted by Crippen LogP contribution is -2.21. The molecule has 2 unspecified atom stereocenters. The van der Waals surface area contributed by atoms with E-state index in [2.05, 4.69) is 44.3 Å². The van der Waals surface area contributed by atoms with Crippen LogP contribution in [-0.2, 0) is 6.42 Å². The fraction of sp³-hybridized carbons (Fsp3) is 0.500. The van der Waals surface area contributed by atoms with E-state index in [1.165, 1.54) is 15.3 Å². The first kappa shape index (κ1) is 14.4.